The summed E-state index contributed by atoms with van der Waals surface area (Å²) in [6, 6.07) is 0.982. The molecule has 0 bridgehead atoms. The van der Waals surface area contributed by atoms with Gasteiger partial charge in [0.2, 0.25) is 0 Å². The molecule has 1 heterocycles. The largest absolute Gasteiger partial charge is 0.466 e. The van der Waals surface area contributed by atoms with E-state index >= 15 is 0 Å². The summed E-state index contributed by atoms with van der Waals surface area (Å²) in [5.74, 6) is -0.589. The summed E-state index contributed by atoms with van der Waals surface area (Å²) in [5, 5.41) is -0.0467. The molecule has 0 saturated carbocycles. The van der Waals surface area contributed by atoms with E-state index in [1.54, 1.807) is 6.92 Å². The highest BCUT2D eigenvalue weighted by Crippen LogP contribution is 2.27. The van der Waals surface area contributed by atoms with Gasteiger partial charge in [-0.2, -0.15) is 0 Å². The van der Waals surface area contributed by atoms with Crippen molar-refractivity contribution in [3.05, 3.63) is 22.5 Å². The van der Waals surface area contributed by atoms with Gasteiger partial charge in [0, 0.05) is 0 Å². The Hall–Kier alpha value is -1.43. The number of anilines is 1. The number of pyridine rings is 1. The minimum absolute atomic E-state index is 0.00579. The van der Waals surface area contributed by atoms with Gasteiger partial charge < -0.3 is 10.5 Å². The van der Waals surface area contributed by atoms with Gasteiger partial charge in [-0.1, -0.05) is 11.6 Å². The number of hydrogen-bond donors (Lipinski definition) is 1. The summed E-state index contributed by atoms with van der Waals surface area (Å²) in [5.41, 5.74) is 5.06. The van der Waals surface area contributed by atoms with E-state index in [4.69, 9.17) is 17.3 Å². The lowest BCUT2D eigenvalue weighted by atomic mass is 10.2. The summed E-state index contributed by atoms with van der Waals surface area (Å²) in [6.45, 7) is 1.83. The molecule has 0 radical (unpaired) electrons. The van der Waals surface area contributed by atoms with E-state index < -0.39 is 18.1 Å². The average molecular weight is 265 g/mol. The smallest absolute Gasteiger partial charge is 0.311 e. The maximum atomic E-state index is 12.5. The van der Waals surface area contributed by atoms with E-state index in [9.17, 15) is 13.6 Å². The maximum Gasteiger partial charge on any atom is 0.311 e. The number of rotatable bonds is 4. The number of carbonyl (C=O) groups is 1. The first kappa shape index (κ1) is 13.6. The molecule has 0 amide bonds. The van der Waals surface area contributed by atoms with E-state index in [1.807, 2.05) is 0 Å². The van der Waals surface area contributed by atoms with Crippen molar-refractivity contribution in [2.45, 2.75) is 19.8 Å². The van der Waals surface area contributed by atoms with Gasteiger partial charge in [-0.15, -0.1) is 0 Å². The second kappa shape index (κ2) is 5.77. The molecule has 0 aliphatic rings. The molecule has 0 spiro atoms. The molecule has 0 aliphatic heterocycles. The molecule has 0 aliphatic carbocycles. The van der Waals surface area contributed by atoms with Crippen LogP contribution in [0.2, 0.25) is 5.02 Å². The number of nitrogens with zero attached hydrogens (tertiary/aromatic N) is 1. The zero-order chi connectivity index (χ0) is 13.0. The monoisotopic (exact) mass is 264 g/mol. The van der Waals surface area contributed by atoms with Crippen LogP contribution in [0.15, 0.2) is 6.07 Å². The Labute approximate surface area is 102 Å². The first-order valence-corrected chi connectivity index (χ1v) is 5.22. The van der Waals surface area contributed by atoms with Crippen molar-refractivity contribution in [3.63, 3.8) is 0 Å². The number of esters is 1. The number of alkyl halides is 2. The topological polar surface area (TPSA) is 65.2 Å². The number of hydrogen-bond acceptors (Lipinski definition) is 4. The van der Waals surface area contributed by atoms with Crippen LogP contribution in [0.1, 0.15) is 24.7 Å². The highest BCUT2D eigenvalue weighted by molar-refractivity contribution is 6.33. The van der Waals surface area contributed by atoms with Crippen LogP contribution in [-0.4, -0.2) is 17.6 Å². The van der Waals surface area contributed by atoms with Gasteiger partial charge in [-0.05, 0) is 13.0 Å². The Bertz CT molecular complexity index is 427. The molecule has 17 heavy (non-hydrogen) atoms. The highest BCUT2D eigenvalue weighted by atomic mass is 35.5. The Kier molecular flexibility index (Phi) is 4.62. The fourth-order valence-electron chi connectivity index (χ4n) is 1.19. The van der Waals surface area contributed by atoms with Crippen molar-refractivity contribution in [2.24, 2.45) is 0 Å². The summed E-state index contributed by atoms with van der Waals surface area (Å²) in [6.07, 6.45) is -3.05. The minimum atomic E-state index is -2.77. The van der Waals surface area contributed by atoms with Crippen LogP contribution >= 0.6 is 11.6 Å². The van der Waals surface area contributed by atoms with Gasteiger partial charge >= 0.3 is 5.97 Å². The molecule has 1 aromatic heterocycles. The van der Waals surface area contributed by atoms with Crippen LogP contribution in [0.25, 0.3) is 0 Å². The quantitative estimate of drug-likeness (QED) is 0.848. The van der Waals surface area contributed by atoms with Crippen LogP contribution in [0.4, 0.5) is 14.5 Å². The van der Waals surface area contributed by atoms with E-state index in [2.05, 4.69) is 9.72 Å². The van der Waals surface area contributed by atoms with Crippen LogP contribution in [0.5, 0.6) is 0 Å². The Balaban J connectivity index is 3.01. The first-order chi connectivity index (χ1) is 7.95. The van der Waals surface area contributed by atoms with Crippen LogP contribution in [-0.2, 0) is 16.0 Å². The molecule has 0 unspecified atom stereocenters. The van der Waals surface area contributed by atoms with E-state index in [1.165, 1.54) is 0 Å². The van der Waals surface area contributed by atoms with Crippen molar-refractivity contribution in [1.29, 1.82) is 0 Å². The van der Waals surface area contributed by atoms with Crippen molar-refractivity contribution in [2.75, 3.05) is 12.3 Å². The second-order valence-electron chi connectivity index (χ2n) is 3.17. The highest BCUT2D eigenvalue weighted by Gasteiger charge is 2.17. The molecule has 1 rings (SSSR count). The first-order valence-electron chi connectivity index (χ1n) is 4.84. The fourth-order valence-corrected chi connectivity index (χ4v) is 1.41. The number of aromatic nitrogens is 1. The predicted molar refractivity (Wildman–Crippen MR) is 59.0 cm³/mol. The molecular formula is C10H11ClF2N2O2. The number of nitrogens with two attached hydrogens (primary N) is 1. The average Bonchev–Trinajstić information content (AvgIpc) is 2.24. The van der Waals surface area contributed by atoms with Crippen LogP contribution < -0.4 is 5.73 Å². The van der Waals surface area contributed by atoms with E-state index in [0.717, 1.165) is 6.07 Å². The van der Waals surface area contributed by atoms with Crippen molar-refractivity contribution in [1.82, 2.24) is 4.98 Å². The van der Waals surface area contributed by atoms with E-state index in [0.29, 0.717) is 0 Å². The van der Waals surface area contributed by atoms with Gasteiger partial charge in [0.05, 0.1) is 29.4 Å². The molecule has 0 atom stereocenters. The fraction of sp³-hybridized carbons (Fsp3) is 0.400. The normalized spacial score (nSPS) is 10.6. The summed E-state index contributed by atoms with van der Waals surface area (Å²) < 4.78 is 29.6. The third kappa shape index (κ3) is 3.52. The lowest BCUT2D eigenvalue weighted by Crippen LogP contribution is -2.12. The Morgan fingerprint density at radius 3 is 2.82 bits per heavy atom. The standard InChI is InChI=1S/C10H11ClF2N2O2/c1-2-17-8(16)4-6-9(14)5(11)3-7(15-6)10(12)13/h3,10H,2,4,14H2,1H3. The second-order valence-corrected chi connectivity index (χ2v) is 3.58. The van der Waals surface area contributed by atoms with Gasteiger partial charge in [0.1, 0.15) is 5.69 Å². The van der Waals surface area contributed by atoms with Gasteiger partial charge in [0.15, 0.2) is 0 Å². The lowest BCUT2D eigenvalue weighted by molar-refractivity contribution is -0.142. The molecule has 94 valence electrons. The van der Waals surface area contributed by atoms with Crippen LogP contribution in [0.3, 0.4) is 0 Å². The predicted octanol–water partition coefficient (Wildman–Crippen LogP) is 2.36. The third-order valence-corrected chi connectivity index (χ3v) is 2.26. The Morgan fingerprint density at radius 2 is 2.29 bits per heavy atom. The summed E-state index contributed by atoms with van der Waals surface area (Å²) in [4.78, 5) is 14.8. The molecular weight excluding hydrogens is 254 g/mol. The van der Waals surface area contributed by atoms with Crippen LogP contribution in [0, 0.1) is 0 Å². The van der Waals surface area contributed by atoms with Gasteiger partial charge in [-0.25, -0.2) is 13.8 Å². The molecule has 0 saturated heterocycles. The summed E-state index contributed by atoms with van der Waals surface area (Å²) >= 11 is 5.67. The van der Waals surface area contributed by atoms with Crippen molar-refractivity contribution >= 4 is 23.3 Å². The zero-order valence-electron chi connectivity index (χ0n) is 9.04. The summed E-state index contributed by atoms with van der Waals surface area (Å²) in [7, 11) is 0. The maximum absolute atomic E-state index is 12.5. The zero-order valence-corrected chi connectivity index (χ0v) is 9.80. The van der Waals surface area contributed by atoms with Gasteiger partial charge in [-0.3, -0.25) is 4.79 Å². The van der Waals surface area contributed by atoms with Crippen molar-refractivity contribution in [3.8, 4) is 0 Å². The van der Waals surface area contributed by atoms with Crippen molar-refractivity contribution < 1.29 is 18.3 Å². The molecule has 0 aromatic carbocycles. The molecule has 0 fully saturated rings. The number of ether oxygens (including phenoxy) is 1. The SMILES string of the molecule is CCOC(=O)Cc1nc(C(F)F)cc(Cl)c1N. The number of nitrogen functional groups attached to an aromatic ring is 1. The lowest BCUT2D eigenvalue weighted by Gasteiger charge is -2.09. The number of carbonyl (C=O) groups excluding carboxylic acids is 1. The van der Waals surface area contributed by atoms with Gasteiger partial charge in [0.25, 0.3) is 6.43 Å². The third-order valence-electron chi connectivity index (χ3n) is 1.95. The molecule has 1 aromatic rings. The Morgan fingerprint density at radius 1 is 1.65 bits per heavy atom. The number of halogens is 3. The molecule has 2 N–H and O–H groups in total. The minimum Gasteiger partial charge on any atom is -0.466 e. The van der Waals surface area contributed by atoms with E-state index in [-0.39, 0.29) is 29.4 Å². The molecule has 7 heteroatoms. The molecule has 4 nitrogen and oxygen atoms in total.